The number of aliphatic hydroxyl groups is 2. The fourth-order valence-corrected chi connectivity index (χ4v) is 5.84. The van der Waals surface area contributed by atoms with Gasteiger partial charge < -0.3 is 35.1 Å². The third-order valence-corrected chi connectivity index (χ3v) is 8.79. The molecule has 47 heavy (non-hydrogen) atoms. The van der Waals surface area contributed by atoms with E-state index in [9.17, 15) is 15.5 Å². The van der Waals surface area contributed by atoms with E-state index in [1.807, 2.05) is 24.3 Å². The van der Waals surface area contributed by atoms with E-state index in [4.69, 9.17) is 25.8 Å². The zero-order valence-corrected chi connectivity index (χ0v) is 27.5. The van der Waals surface area contributed by atoms with Crippen LogP contribution in [0.15, 0.2) is 67.0 Å². The van der Waals surface area contributed by atoms with Gasteiger partial charge in [0.1, 0.15) is 36.5 Å². The summed E-state index contributed by atoms with van der Waals surface area (Å²) in [5.74, 6) is 2.41. The Bertz CT molecular complexity index is 1700. The largest absolute Gasteiger partial charge is 0.493 e. The van der Waals surface area contributed by atoms with Crippen LogP contribution in [-0.2, 0) is 19.8 Å². The highest BCUT2D eigenvalue weighted by atomic mass is 35.5. The third-order valence-electron chi connectivity index (χ3n) is 8.50. The highest BCUT2D eigenvalue weighted by Crippen LogP contribution is 2.36. The Morgan fingerprint density at radius 3 is 2.45 bits per heavy atom. The lowest BCUT2D eigenvalue weighted by Gasteiger charge is -2.19. The number of benzene rings is 3. The molecular weight excluding hydrogens is 616 g/mol. The summed E-state index contributed by atoms with van der Waals surface area (Å²) in [6.45, 7) is 7.25. The van der Waals surface area contributed by atoms with Crippen molar-refractivity contribution in [2.24, 2.45) is 5.92 Å². The van der Waals surface area contributed by atoms with Crippen molar-refractivity contribution in [3.8, 4) is 34.4 Å². The van der Waals surface area contributed by atoms with Crippen LogP contribution in [-0.4, -0.2) is 54.1 Å². The number of hydrogen-bond donors (Lipinski definition) is 4. The molecule has 2 heterocycles. The Kier molecular flexibility index (Phi) is 12.1. The molecule has 1 saturated heterocycles. The molecule has 4 aromatic rings. The van der Waals surface area contributed by atoms with Gasteiger partial charge in [0, 0.05) is 48.6 Å². The van der Waals surface area contributed by atoms with Gasteiger partial charge in [-0.15, -0.1) is 0 Å². The van der Waals surface area contributed by atoms with Crippen LogP contribution in [0.2, 0.25) is 5.02 Å². The van der Waals surface area contributed by atoms with Gasteiger partial charge in [-0.25, -0.2) is 0 Å². The fourth-order valence-electron chi connectivity index (χ4n) is 5.60. The van der Waals surface area contributed by atoms with Gasteiger partial charge in [-0.05, 0) is 72.8 Å². The van der Waals surface area contributed by atoms with Crippen molar-refractivity contribution in [1.82, 2.24) is 15.6 Å². The van der Waals surface area contributed by atoms with E-state index in [2.05, 4.69) is 47.7 Å². The van der Waals surface area contributed by atoms with Crippen LogP contribution in [0, 0.1) is 31.1 Å². The first-order chi connectivity index (χ1) is 22.9. The summed E-state index contributed by atoms with van der Waals surface area (Å²) < 4.78 is 18.7. The molecule has 3 aromatic carbocycles. The number of aromatic nitrogens is 1. The van der Waals surface area contributed by atoms with Crippen molar-refractivity contribution in [3.63, 3.8) is 0 Å². The van der Waals surface area contributed by atoms with Crippen LogP contribution in [0.4, 0.5) is 0 Å². The van der Waals surface area contributed by atoms with E-state index in [-0.39, 0.29) is 26.4 Å². The lowest BCUT2D eigenvalue weighted by Crippen LogP contribution is -2.35. The Morgan fingerprint density at radius 1 is 0.936 bits per heavy atom. The van der Waals surface area contributed by atoms with Crippen molar-refractivity contribution in [2.45, 2.75) is 46.1 Å². The number of nitrogens with zero attached hydrogens (tertiary/aromatic N) is 2. The van der Waals surface area contributed by atoms with Gasteiger partial charge in [-0.1, -0.05) is 41.9 Å². The SMILES string of the molecule is Cc1c(COc2cc(OCc3cncc(C#N)c3)c(CNC(CO)CO)cc2Cl)cccc1-c1cccc(OC[C@H]2CCNC2)c1C. The van der Waals surface area contributed by atoms with Crippen molar-refractivity contribution in [3.05, 3.63) is 105 Å². The quantitative estimate of drug-likeness (QED) is 0.131. The van der Waals surface area contributed by atoms with Gasteiger partial charge in [-0.2, -0.15) is 5.26 Å². The molecule has 1 atom stereocenters. The minimum absolute atomic E-state index is 0.168. The molecule has 10 heteroatoms. The first-order valence-corrected chi connectivity index (χ1v) is 16.2. The smallest absolute Gasteiger partial charge is 0.142 e. The van der Waals surface area contributed by atoms with E-state index >= 15 is 0 Å². The third kappa shape index (κ3) is 8.80. The summed E-state index contributed by atoms with van der Waals surface area (Å²) in [7, 11) is 0. The normalized spacial score (nSPS) is 14.3. The molecule has 0 radical (unpaired) electrons. The summed E-state index contributed by atoms with van der Waals surface area (Å²) in [5.41, 5.74) is 7.35. The first kappa shape index (κ1) is 34.2. The van der Waals surface area contributed by atoms with E-state index < -0.39 is 6.04 Å². The molecule has 0 aliphatic carbocycles. The molecule has 0 bridgehead atoms. The Balaban J connectivity index is 1.35. The molecule has 1 aliphatic rings. The van der Waals surface area contributed by atoms with Gasteiger partial charge in [-0.3, -0.25) is 4.98 Å². The average molecular weight is 657 g/mol. The number of pyridine rings is 1. The maximum atomic E-state index is 9.52. The zero-order valence-electron chi connectivity index (χ0n) is 26.8. The predicted octanol–water partition coefficient (Wildman–Crippen LogP) is 5.48. The highest BCUT2D eigenvalue weighted by molar-refractivity contribution is 6.32. The van der Waals surface area contributed by atoms with E-state index in [0.717, 1.165) is 64.2 Å². The standard InChI is InChI=1S/C37H41ClN4O5/c1-24-29(5-3-6-32(24)33-7-4-8-35(25(33)2)45-21-26-9-10-40-15-26)23-47-37-13-36(46-22-28-11-27(14-39)16-41-17-28)30(12-34(37)38)18-42-31(19-43)20-44/h3-8,11-13,16-17,26,31,40,42-44H,9-10,15,18-23H2,1-2H3/t26-/m0/s1. The molecule has 5 rings (SSSR count). The molecule has 0 amide bonds. The van der Waals surface area contributed by atoms with Gasteiger partial charge in [0.05, 0.1) is 36.4 Å². The molecule has 1 aliphatic heterocycles. The number of hydrogen-bond acceptors (Lipinski definition) is 9. The Labute approximate surface area is 281 Å². The number of nitrogens with one attached hydrogen (secondary N) is 2. The summed E-state index contributed by atoms with van der Waals surface area (Å²) in [4.78, 5) is 4.11. The van der Waals surface area contributed by atoms with Crippen LogP contribution < -0.4 is 24.8 Å². The molecule has 4 N–H and O–H groups in total. The maximum Gasteiger partial charge on any atom is 0.142 e. The van der Waals surface area contributed by atoms with E-state index in [0.29, 0.717) is 41.2 Å². The average Bonchev–Trinajstić information content (AvgIpc) is 3.62. The topological polar surface area (TPSA) is 129 Å². The monoisotopic (exact) mass is 656 g/mol. The summed E-state index contributed by atoms with van der Waals surface area (Å²) in [6, 6.07) is 19.2. The minimum atomic E-state index is -0.496. The number of halogens is 1. The maximum absolute atomic E-state index is 9.52. The number of rotatable bonds is 15. The molecule has 1 aromatic heterocycles. The summed E-state index contributed by atoms with van der Waals surface area (Å²) in [5, 5.41) is 35.2. The number of nitriles is 1. The highest BCUT2D eigenvalue weighted by Gasteiger charge is 2.18. The molecular formula is C37H41ClN4O5. The number of ether oxygens (including phenoxy) is 3. The molecule has 246 valence electrons. The Morgan fingerprint density at radius 2 is 1.70 bits per heavy atom. The van der Waals surface area contributed by atoms with Crippen LogP contribution in [0.3, 0.4) is 0 Å². The summed E-state index contributed by atoms with van der Waals surface area (Å²) >= 11 is 6.72. The molecule has 1 fully saturated rings. The fraction of sp³-hybridized carbons (Fsp3) is 0.351. The lowest BCUT2D eigenvalue weighted by molar-refractivity contribution is 0.170. The first-order valence-electron chi connectivity index (χ1n) is 15.8. The van der Waals surface area contributed by atoms with E-state index in [1.165, 1.54) is 6.20 Å². The Hall–Kier alpha value is -4.17. The molecule has 0 saturated carbocycles. The van der Waals surface area contributed by atoms with Crippen LogP contribution in [0.25, 0.3) is 11.1 Å². The number of aliphatic hydroxyl groups excluding tert-OH is 2. The van der Waals surface area contributed by atoms with Crippen LogP contribution in [0.5, 0.6) is 17.2 Å². The second-order valence-corrected chi connectivity index (χ2v) is 12.2. The van der Waals surface area contributed by atoms with Gasteiger partial charge in [0.2, 0.25) is 0 Å². The van der Waals surface area contributed by atoms with Crippen molar-refractivity contribution >= 4 is 11.6 Å². The predicted molar refractivity (Wildman–Crippen MR) is 182 cm³/mol. The molecule has 0 spiro atoms. The van der Waals surface area contributed by atoms with Gasteiger partial charge in [0.15, 0.2) is 0 Å². The van der Waals surface area contributed by atoms with Crippen molar-refractivity contribution in [1.29, 1.82) is 5.26 Å². The van der Waals surface area contributed by atoms with Crippen LogP contribution >= 0.6 is 11.6 Å². The van der Waals surface area contributed by atoms with Crippen molar-refractivity contribution < 1.29 is 24.4 Å². The lowest BCUT2D eigenvalue weighted by atomic mass is 9.93. The van der Waals surface area contributed by atoms with Gasteiger partial charge in [0.25, 0.3) is 0 Å². The van der Waals surface area contributed by atoms with Gasteiger partial charge >= 0.3 is 0 Å². The summed E-state index contributed by atoms with van der Waals surface area (Å²) in [6.07, 6.45) is 4.28. The second kappa shape index (κ2) is 16.6. The van der Waals surface area contributed by atoms with E-state index in [1.54, 1.807) is 24.4 Å². The molecule has 0 unspecified atom stereocenters. The van der Waals surface area contributed by atoms with Crippen molar-refractivity contribution in [2.75, 3.05) is 32.9 Å². The second-order valence-electron chi connectivity index (χ2n) is 11.8. The molecule has 9 nitrogen and oxygen atoms in total. The minimum Gasteiger partial charge on any atom is -0.493 e. The van der Waals surface area contributed by atoms with Crippen LogP contribution in [0.1, 0.15) is 39.8 Å². The zero-order chi connectivity index (χ0) is 33.2.